The average molecular weight is 296 g/mol. The average Bonchev–Trinajstić information content (AvgIpc) is 2.48. The first kappa shape index (κ1) is 16.4. The van der Waals surface area contributed by atoms with Crippen molar-refractivity contribution >= 4 is 23.5 Å². The summed E-state index contributed by atoms with van der Waals surface area (Å²) in [5.74, 6) is -2.77. The summed E-state index contributed by atoms with van der Waals surface area (Å²) in [5.41, 5.74) is 0.0650. The van der Waals surface area contributed by atoms with Crippen LogP contribution in [0.15, 0.2) is 18.2 Å². The fourth-order valence-electron chi connectivity index (χ4n) is 1.42. The molecule has 0 saturated heterocycles. The highest BCUT2D eigenvalue weighted by molar-refractivity contribution is 6.39. The van der Waals surface area contributed by atoms with Gasteiger partial charge in [-0.1, -0.05) is 0 Å². The van der Waals surface area contributed by atoms with Crippen LogP contribution in [0.2, 0.25) is 0 Å². The van der Waals surface area contributed by atoms with Crippen LogP contribution in [0.25, 0.3) is 0 Å². The maximum absolute atomic E-state index is 11.6. The Kier molecular flexibility index (Phi) is 6.15. The van der Waals surface area contributed by atoms with E-state index in [0.717, 1.165) is 7.11 Å². The van der Waals surface area contributed by atoms with Gasteiger partial charge in [-0.15, -0.1) is 0 Å². The van der Waals surface area contributed by atoms with Crippen molar-refractivity contribution in [3.63, 3.8) is 0 Å². The molecule has 0 aromatic heterocycles. The van der Waals surface area contributed by atoms with Crippen molar-refractivity contribution in [3.8, 4) is 5.75 Å². The van der Waals surface area contributed by atoms with Crippen molar-refractivity contribution in [3.05, 3.63) is 23.8 Å². The molecule has 0 radical (unpaired) electrons. The number of carbonyl (C=O) groups is 3. The van der Waals surface area contributed by atoms with Crippen molar-refractivity contribution in [2.24, 2.45) is 0 Å². The maximum atomic E-state index is 11.6. The maximum Gasteiger partial charge on any atom is 0.341 e. The highest BCUT2D eigenvalue weighted by Gasteiger charge is 2.16. The van der Waals surface area contributed by atoms with Crippen molar-refractivity contribution in [2.45, 2.75) is 0 Å². The van der Waals surface area contributed by atoms with E-state index < -0.39 is 17.8 Å². The largest absolute Gasteiger partial charge is 0.507 e. The normalized spacial score (nSPS) is 9.81. The number of aromatic hydroxyl groups is 1. The van der Waals surface area contributed by atoms with E-state index in [0.29, 0.717) is 0 Å². The van der Waals surface area contributed by atoms with Gasteiger partial charge in [0.1, 0.15) is 11.3 Å². The number of ether oxygens (including phenoxy) is 2. The van der Waals surface area contributed by atoms with Gasteiger partial charge in [0.05, 0.1) is 13.7 Å². The number of rotatable bonds is 5. The van der Waals surface area contributed by atoms with E-state index in [1.54, 1.807) is 0 Å². The summed E-state index contributed by atoms with van der Waals surface area (Å²) in [6.07, 6.45) is 0. The number of anilines is 1. The lowest BCUT2D eigenvalue weighted by molar-refractivity contribution is -0.136. The molecule has 0 aliphatic rings. The smallest absolute Gasteiger partial charge is 0.341 e. The molecule has 0 aliphatic heterocycles. The lowest BCUT2D eigenvalue weighted by Crippen LogP contribution is -2.37. The minimum atomic E-state index is -0.896. The van der Waals surface area contributed by atoms with E-state index in [4.69, 9.17) is 4.74 Å². The Morgan fingerprint density at radius 3 is 2.52 bits per heavy atom. The molecule has 0 spiro atoms. The summed E-state index contributed by atoms with van der Waals surface area (Å²) in [4.78, 5) is 34.4. The molecule has 2 amide bonds. The minimum absolute atomic E-state index is 0.116. The van der Waals surface area contributed by atoms with Crippen LogP contribution >= 0.6 is 0 Å². The topological polar surface area (TPSA) is 114 Å². The summed E-state index contributed by atoms with van der Waals surface area (Å²) < 4.78 is 9.22. The molecule has 0 unspecified atom stereocenters. The molecule has 1 aromatic rings. The first-order valence-corrected chi connectivity index (χ1v) is 5.99. The Balaban J connectivity index is 2.72. The summed E-state index contributed by atoms with van der Waals surface area (Å²) in [7, 11) is 2.63. The van der Waals surface area contributed by atoms with Crippen LogP contribution in [0.5, 0.6) is 5.75 Å². The van der Waals surface area contributed by atoms with Crippen LogP contribution in [-0.4, -0.2) is 50.3 Å². The second-order valence-electron chi connectivity index (χ2n) is 3.93. The molecule has 0 aliphatic carbocycles. The van der Waals surface area contributed by atoms with Gasteiger partial charge in [-0.3, -0.25) is 9.59 Å². The highest BCUT2D eigenvalue weighted by atomic mass is 16.5. The van der Waals surface area contributed by atoms with Crippen LogP contribution < -0.4 is 10.6 Å². The number of esters is 1. The number of hydrogen-bond acceptors (Lipinski definition) is 6. The standard InChI is InChI=1S/C13H16N2O6/c1-20-6-5-14-11(17)12(18)15-8-3-4-10(16)9(7-8)13(19)21-2/h3-4,7,16H,5-6H2,1-2H3,(H,14,17)(H,15,18). The second-order valence-corrected chi connectivity index (χ2v) is 3.93. The third kappa shape index (κ3) is 4.77. The first-order valence-electron chi connectivity index (χ1n) is 5.99. The number of amides is 2. The molecule has 0 atom stereocenters. The zero-order chi connectivity index (χ0) is 15.8. The molecule has 8 nitrogen and oxygen atoms in total. The fourth-order valence-corrected chi connectivity index (χ4v) is 1.42. The number of carbonyl (C=O) groups excluding carboxylic acids is 3. The van der Waals surface area contributed by atoms with E-state index in [2.05, 4.69) is 15.4 Å². The van der Waals surface area contributed by atoms with E-state index in [-0.39, 0.29) is 30.2 Å². The quantitative estimate of drug-likeness (QED) is 0.302. The Bertz CT molecular complexity index is 543. The van der Waals surface area contributed by atoms with Gasteiger partial charge >= 0.3 is 17.8 Å². The second kappa shape index (κ2) is 7.85. The minimum Gasteiger partial charge on any atom is -0.507 e. The summed E-state index contributed by atoms with van der Waals surface area (Å²) in [6.45, 7) is 0.483. The zero-order valence-corrected chi connectivity index (χ0v) is 11.6. The Hall–Kier alpha value is -2.61. The van der Waals surface area contributed by atoms with Crippen molar-refractivity contribution in [1.29, 1.82) is 0 Å². The van der Waals surface area contributed by atoms with Crippen molar-refractivity contribution < 1.29 is 29.0 Å². The van der Waals surface area contributed by atoms with Gasteiger partial charge < -0.3 is 25.2 Å². The molecule has 1 aromatic carbocycles. The van der Waals surface area contributed by atoms with E-state index in [1.807, 2.05) is 0 Å². The Morgan fingerprint density at radius 1 is 1.19 bits per heavy atom. The summed E-state index contributed by atoms with van der Waals surface area (Å²) in [5, 5.41) is 14.2. The van der Waals surface area contributed by atoms with Crippen LogP contribution in [0.1, 0.15) is 10.4 Å². The van der Waals surface area contributed by atoms with E-state index in [1.165, 1.54) is 25.3 Å². The van der Waals surface area contributed by atoms with Gasteiger partial charge in [0.25, 0.3) is 0 Å². The summed E-state index contributed by atoms with van der Waals surface area (Å²) >= 11 is 0. The number of phenolic OH excluding ortho intramolecular Hbond substituents is 1. The van der Waals surface area contributed by atoms with Gasteiger partial charge in [-0.2, -0.15) is 0 Å². The van der Waals surface area contributed by atoms with Crippen LogP contribution in [0.3, 0.4) is 0 Å². The molecular weight excluding hydrogens is 280 g/mol. The lowest BCUT2D eigenvalue weighted by Gasteiger charge is -2.08. The van der Waals surface area contributed by atoms with Gasteiger partial charge in [0, 0.05) is 19.3 Å². The monoisotopic (exact) mass is 296 g/mol. The summed E-state index contributed by atoms with van der Waals surface area (Å²) in [6, 6.07) is 3.77. The van der Waals surface area contributed by atoms with Crippen molar-refractivity contribution in [1.82, 2.24) is 5.32 Å². The van der Waals surface area contributed by atoms with Crippen molar-refractivity contribution in [2.75, 3.05) is 32.7 Å². The lowest BCUT2D eigenvalue weighted by atomic mass is 10.1. The number of phenols is 1. The molecule has 8 heteroatoms. The van der Waals surface area contributed by atoms with Gasteiger partial charge in [-0.25, -0.2) is 4.79 Å². The zero-order valence-electron chi connectivity index (χ0n) is 11.6. The third-order valence-electron chi connectivity index (χ3n) is 2.46. The highest BCUT2D eigenvalue weighted by Crippen LogP contribution is 2.22. The van der Waals surface area contributed by atoms with E-state index in [9.17, 15) is 19.5 Å². The molecule has 114 valence electrons. The fraction of sp³-hybridized carbons (Fsp3) is 0.308. The SMILES string of the molecule is COCCNC(=O)C(=O)Nc1ccc(O)c(C(=O)OC)c1. The van der Waals surface area contributed by atoms with Crippen LogP contribution in [0.4, 0.5) is 5.69 Å². The molecule has 0 heterocycles. The number of benzene rings is 1. The molecule has 3 N–H and O–H groups in total. The van der Waals surface area contributed by atoms with Crippen LogP contribution in [0, 0.1) is 0 Å². The van der Waals surface area contributed by atoms with Crippen LogP contribution in [-0.2, 0) is 19.1 Å². The van der Waals surface area contributed by atoms with Gasteiger partial charge in [-0.05, 0) is 18.2 Å². The number of hydrogen-bond donors (Lipinski definition) is 3. The Morgan fingerprint density at radius 2 is 1.90 bits per heavy atom. The number of methoxy groups -OCH3 is 2. The predicted octanol–water partition coefficient (Wildman–Crippen LogP) is -0.120. The Labute approximate surface area is 121 Å². The predicted molar refractivity (Wildman–Crippen MR) is 73.0 cm³/mol. The molecular formula is C13H16N2O6. The molecule has 1 rings (SSSR count). The first-order chi connectivity index (χ1) is 9.99. The molecule has 21 heavy (non-hydrogen) atoms. The molecule has 0 fully saturated rings. The molecule has 0 saturated carbocycles. The van der Waals surface area contributed by atoms with Gasteiger partial charge in [0.2, 0.25) is 0 Å². The van der Waals surface area contributed by atoms with Gasteiger partial charge in [0.15, 0.2) is 0 Å². The molecule has 0 bridgehead atoms. The van der Waals surface area contributed by atoms with E-state index >= 15 is 0 Å². The third-order valence-corrected chi connectivity index (χ3v) is 2.46. The number of nitrogens with one attached hydrogen (secondary N) is 2.